The Morgan fingerprint density at radius 2 is 1.52 bits per heavy atom. The SMILES string of the molecule is O=C(CNC(=O)OCc1ccccc1)N[C@@H](CCc1ccccc1)C(=O)O. The molecule has 0 aliphatic rings. The Labute approximate surface area is 157 Å². The molecule has 3 N–H and O–H groups in total. The largest absolute Gasteiger partial charge is 0.480 e. The minimum Gasteiger partial charge on any atom is -0.480 e. The van der Waals surface area contributed by atoms with E-state index < -0.39 is 24.0 Å². The van der Waals surface area contributed by atoms with E-state index in [0.717, 1.165) is 11.1 Å². The lowest BCUT2D eigenvalue weighted by atomic mass is 10.1. The number of carbonyl (C=O) groups excluding carboxylic acids is 2. The van der Waals surface area contributed by atoms with Gasteiger partial charge in [-0.25, -0.2) is 9.59 Å². The number of nitrogens with one attached hydrogen (secondary N) is 2. The van der Waals surface area contributed by atoms with Gasteiger partial charge in [0.2, 0.25) is 5.91 Å². The second kappa shape index (κ2) is 10.6. The summed E-state index contributed by atoms with van der Waals surface area (Å²) >= 11 is 0. The molecule has 27 heavy (non-hydrogen) atoms. The van der Waals surface area contributed by atoms with E-state index in [4.69, 9.17) is 4.74 Å². The molecule has 2 aromatic rings. The number of hydrogen-bond acceptors (Lipinski definition) is 4. The molecule has 7 heteroatoms. The van der Waals surface area contributed by atoms with Crippen LogP contribution in [0.1, 0.15) is 17.5 Å². The van der Waals surface area contributed by atoms with Gasteiger partial charge in [0.05, 0.1) is 0 Å². The molecule has 0 aliphatic carbocycles. The number of aliphatic carboxylic acids is 1. The third-order valence-corrected chi connectivity index (χ3v) is 3.80. The van der Waals surface area contributed by atoms with Crippen LogP contribution in [0.5, 0.6) is 0 Å². The molecule has 0 saturated carbocycles. The maximum absolute atomic E-state index is 11.9. The van der Waals surface area contributed by atoms with Gasteiger partial charge < -0.3 is 20.5 Å². The quantitative estimate of drug-likeness (QED) is 0.627. The lowest BCUT2D eigenvalue weighted by Gasteiger charge is -2.15. The molecule has 2 amide bonds. The molecule has 2 rings (SSSR count). The van der Waals surface area contributed by atoms with Crippen LogP contribution in [0.15, 0.2) is 60.7 Å². The van der Waals surface area contributed by atoms with Crippen molar-refractivity contribution in [3.63, 3.8) is 0 Å². The molecule has 0 fully saturated rings. The van der Waals surface area contributed by atoms with E-state index in [9.17, 15) is 19.5 Å². The molecule has 0 spiro atoms. The maximum Gasteiger partial charge on any atom is 0.407 e. The third-order valence-electron chi connectivity index (χ3n) is 3.80. The van der Waals surface area contributed by atoms with Gasteiger partial charge in [-0.15, -0.1) is 0 Å². The van der Waals surface area contributed by atoms with E-state index in [2.05, 4.69) is 10.6 Å². The number of carbonyl (C=O) groups is 3. The van der Waals surface area contributed by atoms with E-state index in [1.54, 1.807) is 0 Å². The highest BCUT2D eigenvalue weighted by molar-refractivity contribution is 5.86. The molecule has 0 aromatic heterocycles. The van der Waals surface area contributed by atoms with Gasteiger partial charge in [-0.05, 0) is 24.0 Å². The zero-order valence-electron chi connectivity index (χ0n) is 14.8. The van der Waals surface area contributed by atoms with Crippen molar-refractivity contribution in [2.45, 2.75) is 25.5 Å². The standard InChI is InChI=1S/C20H22N2O5/c23-18(13-21-20(26)27-14-16-9-5-2-6-10-16)22-17(19(24)25)12-11-15-7-3-1-4-8-15/h1-10,17H,11-14H2,(H,21,26)(H,22,23)(H,24,25)/t17-/m0/s1. The summed E-state index contributed by atoms with van der Waals surface area (Å²) in [6, 6.07) is 17.5. The minimum atomic E-state index is -1.12. The van der Waals surface area contributed by atoms with Crippen molar-refractivity contribution in [2.24, 2.45) is 0 Å². The molecule has 0 bridgehead atoms. The highest BCUT2D eigenvalue weighted by Gasteiger charge is 2.20. The normalized spacial score (nSPS) is 11.3. The summed E-state index contributed by atoms with van der Waals surface area (Å²) in [7, 11) is 0. The average Bonchev–Trinajstić information content (AvgIpc) is 2.69. The molecule has 1 atom stereocenters. The molecule has 0 radical (unpaired) electrons. The Balaban J connectivity index is 1.71. The van der Waals surface area contributed by atoms with Crippen LogP contribution in [-0.4, -0.2) is 35.7 Å². The van der Waals surface area contributed by atoms with Gasteiger partial charge in [0, 0.05) is 0 Å². The molecule has 142 valence electrons. The van der Waals surface area contributed by atoms with E-state index in [1.165, 1.54) is 0 Å². The molecule has 2 aromatic carbocycles. The Bertz CT molecular complexity index is 749. The van der Waals surface area contributed by atoms with E-state index in [1.807, 2.05) is 60.7 Å². The predicted octanol–water partition coefficient (Wildman–Crippen LogP) is 2.12. The monoisotopic (exact) mass is 370 g/mol. The van der Waals surface area contributed by atoms with Crippen LogP contribution in [0.2, 0.25) is 0 Å². The van der Waals surface area contributed by atoms with Crippen molar-refractivity contribution in [3.8, 4) is 0 Å². The summed E-state index contributed by atoms with van der Waals surface area (Å²) < 4.78 is 4.99. The van der Waals surface area contributed by atoms with Crippen molar-refractivity contribution in [1.82, 2.24) is 10.6 Å². The topological polar surface area (TPSA) is 105 Å². The summed E-state index contributed by atoms with van der Waals surface area (Å²) in [6.07, 6.45) is 0.0268. The Morgan fingerprint density at radius 1 is 0.926 bits per heavy atom. The first-order valence-corrected chi connectivity index (χ1v) is 8.55. The van der Waals surface area contributed by atoms with E-state index in [-0.39, 0.29) is 19.6 Å². The Hall–Kier alpha value is -3.35. The zero-order valence-corrected chi connectivity index (χ0v) is 14.8. The van der Waals surface area contributed by atoms with Crippen LogP contribution in [0.4, 0.5) is 4.79 Å². The first kappa shape index (κ1) is 20.0. The minimum absolute atomic E-state index is 0.0864. The van der Waals surface area contributed by atoms with Crippen LogP contribution in [-0.2, 0) is 27.4 Å². The molecule has 0 heterocycles. The average molecular weight is 370 g/mol. The van der Waals surface area contributed by atoms with Crippen molar-refractivity contribution in [1.29, 1.82) is 0 Å². The molecule has 0 saturated heterocycles. The first-order chi connectivity index (χ1) is 13.0. The molecule has 0 aliphatic heterocycles. The number of carboxylic acids is 1. The fraction of sp³-hybridized carbons (Fsp3) is 0.250. The third kappa shape index (κ3) is 7.60. The van der Waals surface area contributed by atoms with Crippen molar-refractivity contribution >= 4 is 18.0 Å². The number of aryl methyl sites for hydroxylation is 1. The summed E-state index contributed by atoms with van der Waals surface area (Å²) in [4.78, 5) is 34.9. The fourth-order valence-electron chi connectivity index (χ4n) is 2.39. The van der Waals surface area contributed by atoms with Gasteiger partial charge in [-0.1, -0.05) is 60.7 Å². The van der Waals surface area contributed by atoms with Gasteiger partial charge in [-0.3, -0.25) is 4.79 Å². The van der Waals surface area contributed by atoms with Gasteiger partial charge in [0.15, 0.2) is 0 Å². The second-order valence-corrected chi connectivity index (χ2v) is 5.90. The van der Waals surface area contributed by atoms with Crippen LogP contribution in [0.3, 0.4) is 0 Å². The Kier molecular flexibility index (Phi) is 7.84. The van der Waals surface area contributed by atoms with Crippen LogP contribution < -0.4 is 10.6 Å². The second-order valence-electron chi connectivity index (χ2n) is 5.90. The van der Waals surface area contributed by atoms with Crippen LogP contribution in [0, 0.1) is 0 Å². The molecular weight excluding hydrogens is 348 g/mol. The molecular formula is C20H22N2O5. The number of carboxylic acid groups (broad SMARTS) is 1. The molecule has 7 nitrogen and oxygen atoms in total. The lowest BCUT2D eigenvalue weighted by molar-refractivity contribution is -0.141. The summed E-state index contributed by atoms with van der Waals surface area (Å²) in [6.45, 7) is -0.272. The first-order valence-electron chi connectivity index (χ1n) is 8.55. The molecule has 0 unspecified atom stereocenters. The lowest BCUT2D eigenvalue weighted by Crippen LogP contribution is -2.45. The number of ether oxygens (including phenoxy) is 1. The van der Waals surface area contributed by atoms with Crippen LogP contribution in [0.25, 0.3) is 0 Å². The van der Waals surface area contributed by atoms with E-state index in [0.29, 0.717) is 6.42 Å². The number of hydrogen-bond donors (Lipinski definition) is 3. The summed E-state index contributed by atoms with van der Waals surface area (Å²) in [5.74, 6) is -1.71. The zero-order chi connectivity index (χ0) is 19.5. The van der Waals surface area contributed by atoms with Crippen molar-refractivity contribution in [2.75, 3.05) is 6.54 Å². The number of benzene rings is 2. The summed E-state index contributed by atoms with van der Waals surface area (Å²) in [5.41, 5.74) is 1.81. The smallest absolute Gasteiger partial charge is 0.407 e. The van der Waals surface area contributed by atoms with Gasteiger partial charge in [0.1, 0.15) is 19.2 Å². The van der Waals surface area contributed by atoms with Crippen molar-refractivity contribution < 1.29 is 24.2 Å². The number of rotatable bonds is 9. The van der Waals surface area contributed by atoms with Crippen molar-refractivity contribution in [3.05, 3.63) is 71.8 Å². The van der Waals surface area contributed by atoms with Gasteiger partial charge in [0.25, 0.3) is 0 Å². The van der Waals surface area contributed by atoms with Gasteiger partial charge >= 0.3 is 12.1 Å². The Morgan fingerprint density at radius 3 is 2.11 bits per heavy atom. The number of alkyl carbamates (subject to hydrolysis) is 1. The highest BCUT2D eigenvalue weighted by Crippen LogP contribution is 2.05. The fourth-order valence-corrected chi connectivity index (χ4v) is 2.39. The summed E-state index contributed by atoms with van der Waals surface area (Å²) in [5, 5.41) is 14.0. The van der Waals surface area contributed by atoms with Gasteiger partial charge in [-0.2, -0.15) is 0 Å². The highest BCUT2D eigenvalue weighted by atomic mass is 16.5. The predicted molar refractivity (Wildman–Crippen MR) is 99.0 cm³/mol. The van der Waals surface area contributed by atoms with E-state index >= 15 is 0 Å². The number of amides is 2. The van der Waals surface area contributed by atoms with Crippen LogP contribution >= 0.6 is 0 Å². The maximum atomic E-state index is 11.9.